The van der Waals surface area contributed by atoms with Crippen LogP contribution in [0.5, 0.6) is 0 Å². The van der Waals surface area contributed by atoms with Crippen LogP contribution in [0.4, 0.5) is 16.2 Å². The smallest absolute Gasteiger partial charge is 0.422 e. The number of likely N-dealkylation sites (N-methyl/N-ethyl adjacent to an activating group) is 1. The fourth-order valence-corrected chi connectivity index (χ4v) is 6.50. The Morgan fingerprint density at radius 2 is 1.82 bits per heavy atom. The number of hydrogen-bond acceptors (Lipinski definition) is 8. The van der Waals surface area contributed by atoms with Crippen LogP contribution in [0.25, 0.3) is 5.82 Å². The molecule has 0 bridgehead atoms. The van der Waals surface area contributed by atoms with Crippen molar-refractivity contribution in [1.29, 1.82) is 0 Å². The molecule has 8 nitrogen and oxygen atoms in total. The summed E-state index contributed by atoms with van der Waals surface area (Å²) >= 11 is 1.62. The minimum Gasteiger partial charge on any atom is -0.422 e. The summed E-state index contributed by atoms with van der Waals surface area (Å²) in [6.07, 6.45) is -0.207. The lowest BCUT2D eigenvalue weighted by molar-refractivity contribution is -0.166. The first-order valence-electron chi connectivity index (χ1n) is 13.3. The largest absolute Gasteiger partial charge is 0.422 e. The third-order valence-corrected chi connectivity index (χ3v) is 7.74. The van der Waals surface area contributed by atoms with E-state index in [4.69, 9.17) is 14.5 Å². The normalized spacial score (nSPS) is 17.4. The van der Waals surface area contributed by atoms with Crippen molar-refractivity contribution < 1.29 is 19.4 Å². The molecule has 0 radical (unpaired) electrons. The van der Waals surface area contributed by atoms with Crippen LogP contribution in [0.1, 0.15) is 52.3 Å². The van der Waals surface area contributed by atoms with Gasteiger partial charge < -0.3 is 24.4 Å². The SMILES string of the molecule is Cc1cc2c(s1)=Nc1ccccc1N(C(=O)OCOC(O)CC(C)(C)CC(C)(C)C)C=2N1CCN(C)CC1. The number of amides is 1. The number of thiophene rings is 1. The van der Waals surface area contributed by atoms with Gasteiger partial charge in [0.1, 0.15) is 10.5 Å². The number of benzene rings is 1. The Kier molecular flexibility index (Phi) is 8.52. The van der Waals surface area contributed by atoms with Crippen molar-refractivity contribution in [1.82, 2.24) is 9.80 Å². The first-order valence-corrected chi connectivity index (χ1v) is 14.1. The molecule has 1 aromatic heterocycles. The number of para-hydroxylation sites is 2. The molecular formula is C29H42N4O4S. The van der Waals surface area contributed by atoms with Gasteiger partial charge in [-0.25, -0.2) is 14.7 Å². The van der Waals surface area contributed by atoms with Gasteiger partial charge in [-0.2, -0.15) is 0 Å². The summed E-state index contributed by atoms with van der Waals surface area (Å²) in [5.74, 6) is 0.781. The molecule has 208 valence electrons. The maximum Gasteiger partial charge on any atom is 0.422 e. The van der Waals surface area contributed by atoms with Gasteiger partial charge in [-0.15, -0.1) is 11.3 Å². The van der Waals surface area contributed by atoms with Crippen LogP contribution < -0.4 is 14.8 Å². The van der Waals surface area contributed by atoms with E-state index in [-0.39, 0.29) is 17.6 Å². The van der Waals surface area contributed by atoms with Gasteiger partial charge in [0, 0.05) is 37.5 Å². The molecule has 2 aliphatic heterocycles. The fourth-order valence-electron chi connectivity index (χ4n) is 5.62. The van der Waals surface area contributed by atoms with Crippen LogP contribution >= 0.6 is 11.3 Å². The molecule has 1 N–H and O–H groups in total. The van der Waals surface area contributed by atoms with Crippen LogP contribution in [-0.4, -0.2) is 67.3 Å². The van der Waals surface area contributed by atoms with Gasteiger partial charge in [-0.3, -0.25) is 0 Å². The molecule has 0 saturated carbocycles. The molecule has 2 aromatic rings. The van der Waals surface area contributed by atoms with E-state index in [9.17, 15) is 9.90 Å². The van der Waals surface area contributed by atoms with Crippen LogP contribution in [0, 0.1) is 17.8 Å². The quantitative estimate of drug-likeness (QED) is 0.522. The molecule has 9 heteroatoms. The van der Waals surface area contributed by atoms with E-state index in [1.165, 1.54) is 0 Å². The third-order valence-electron chi connectivity index (χ3n) is 6.80. The lowest BCUT2D eigenvalue weighted by Crippen LogP contribution is -2.51. The molecule has 0 spiro atoms. The number of fused-ring (bicyclic) bond motifs is 2. The molecule has 1 unspecified atom stereocenters. The van der Waals surface area contributed by atoms with Crippen molar-refractivity contribution in [3.05, 3.63) is 45.1 Å². The van der Waals surface area contributed by atoms with E-state index in [1.807, 2.05) is 24.3 Å². The van der Waals surface area contributed by atoms with Gasteiger partial charge in [0.25, 0.3) is 0 Å². The highest BCUT2D eigenvalue weighted by Crippen LogP contribution is 2.37. The molecule has 2 aliphatic rings. The highest BCUT2D eigenvalue weighted by atomic mass is 32.1. The van der Waals surface area contributed by atoms with Gasteiger partial charge in [-0.05, 0) is 49.4 Å². The molecule has 4 rings (SSSR count). The van der Waals surface area contributed by atoms with Crippen LogP contribution in [0.2, 0.25) is 0 Å². The van der Waals surface area contributed by atoms with E-state index in [0.717, 1.165) is 53.2 Å². The first-order chi connectivity index (χ1) is 17.8. The Morgan fingerprint density at radius 1 is 1.13 bits per heavy atom. The van der Waals surface area contributed by atoms with Gasteiger partial charge in [0.05, 0.1) is 16.6 Å². The molecule has 38 heavy (non-hydrogen) atoms. The van der Waals surface area contributed by atoms with E-state index in [2.05, 4.69) is 64.5 Å². The zero-order chi connectivity index (χ0) is 27.7. The Labute approximate surface area is 230 Å². The number of anilines is 1. The Hall–Kier alpha value is -2.46. The summed E-state index contributed by atoms with van der Waals surface area (Å²) in [6, 6.07) is 9.73. The van der Waals surface area contributed by atoms with Crippen LogP contribution in [0.15, 0.2) is 35.3 Å². The number of hydrogen-bond donors (Lipinski definition) is 1. The minimum atomic E-state index is -1.03. The first kappa shape index (κ1) is 28.5. The number of carbonyl (C=O) groups is 1. The van der Waals surface area contributed by atoms with Gasteiger partial charge >= 0.3 is 6.09 Å². The second-order valence-corrected chi connectivity index (χ2v) is 13.6. The standard InChI is InChI=1S/C29H42N4O4S/c1-20-16-21-25(38-20)30-22-10-8-9-11-23(22)33(26(21)32-14-12-31(7)13-15-32)27(35)37-19-36-24(34)17-29(5,6)18-28(2,3)4/h8-11,16,24,34H,12-15,17-19H2,1-7H3. The Bertz CT molecular complexity index is 1260. The van der Waals surface area contributed by atoms with Gasteiger partial charge in [0.15, 0.2) is 13.1 Å². The third kappa shape index (κ3) is 6.94. The molecule has 3 heterocycles. The number of ether oxygens (including phenoxy) is 2. The molecule has 0 aliphatic carbocycles. The predicted molar refractivity (Wildman–Crippen MR) is 152 cm³/mol. The maximum absolute atomic E-state index is 13.7. The highest BCUT2D eigenvalue weighted by Gasteiger charge is 2.33. The summed E-state index contributed by atoms with van der Waals surface area (Å²) in [4.78, 5) is 26.0. The van der Waals surface area contributed by atoms with Gasteiger partial charge in [-0.1, -0.05) is 46.8 Å². The second-order valence-electron chi connectivity index (χ2n) is 12.4. The average molecular weight is 543 g/mol. The number of carbonyl (C=O) groups excluding carboxylic acids is 1. The average Bonchev–Trinajstić information content (AvgIpc) is 3.09. The summed E-state index contributed by atoms with van der Waals surface area (Å²) < 4.78 is 12.1. The lowest BCUT2D eigenvalue weighted by atomic mass is 9.74. The van der Waals surface area contributed by atoms with Crippen molar-refractivity contribution in [2.24, 2.45) is 15.8 Å². The number of nitrogens with zero attached hydrogens (tertiary/aromatic N) is 4. The second kappa shape index (κ2) is 11.3. The summed E-state index contributed by atoms with van der Waals surface area (Å²) in [5.41, 5.74) is 1.39. The number of aliphatic hydroxyl groups is 1. The van der Waals surface area contributed by atoms with E-state index in [0.29, 0.717) is 17.8 Å². The Balaban J connectivity index is 1.58. The lowest BCUT2D eigenvalue weighted by Gasteiger charge is -2.39. The fraction of sp³-hybridized carbons (Fsp3) is 0.586. The van der Waals surface area contributed by atoms with E-state index < -0.39 is 12.4 Å². The zero-order valence-electron chi connectivity index (χ0n) is 23.8. The number of piperazine rings is 1. The van der Waals surface area contributed by atoms with E-state index >= 15 is 0 Å². The summed E-state index contributed by atoms with van der Waals surface area (Å²) in [7, 11) is 2.11. The molecule has 1 fully saturated rings. The molecule has 1 saturated heterocycles. The van der Waals surface area contributed by atoms with Crippen molar-refractivity contribution in [2.75, 3.05) is 44.9 Å². The summed E-state index contributed by atoms with van der Waals surface area (Å²) in [5, 5.41) is 11.5. The molecule has 1 aromatic carbocycles. The van der Waals surface area contributed by atoms with Crippen molar-refractivity contribution in [3.63, 3.8) is 0 Å². The molecular weight excluding hydrogens is 500 g/mol. The number of aryl methyl sites for hydroxylation is 1. The molecule has 1 amide bonds. The zero-order valence-corrected chi connectivity index (χ0v) is 24.6. The van der Waals surface area contributed by atoms with Crippen molar-refractivity contribution >= 4 is 34.6 Å². The van der Waals surface area contributed by atoms with Crippen LogP contribution in [-0.2, 0) is 9.47 Å². The minimum absolute atomic E-state index is 0.123. The van der Waals surface area contributed by atoms with E-state index in [1.54, 1.807) is 16.2 Å². The number of aliphatic hydroxyl groups excluding tert-OH is 1. The maximum atomic E-state index is 13.7. The monoisotopic (exact) mass is 542 g/mol. The van der Waals surface area contributed by atoms with Crippen molar-refractivity contribution in [3.8, 4) is 0 Å². The topological polar surface area (TPSA) is 77.8 Å². The highest BCUT2D eigenvalue weighted by molar-refractivity contribution is 7.09. The molecule has 1 atom stereocenters. The summed E-state index contributed by atoms with van der Waals surface area (Å²) in [6.45, 7) is 15.9. The Morgan fingerprint density at radius 3 is 2.50 bits per heavy atom. The van der Waals surface area contributed by atoms with Crippen molar-refractivity contribution in [2.45, 2.75) is 60.7 Å². The van der Waals surface area contributed by atoms with Crippen LogP contribution in [0.3, 0.4) is 0 Å². The number of rotatable bonds is 7. The van der Waals surface area contributed by atoms with Gasteiger partial charge in [0.2, 0.25) is 0 Å². The predicted octanol–water partition coefficient (Wildman–Crippen LogP) is 4.42.